The number of hydrogen-bond acceptors (Lipinski definition) is 3. The SMILES string of the molecule is CN(Cc1ccncc1)C12CNCC(C(c3ccccc3)C1)C(c1ccccc1)C2. The van der Waals surface area contributed by atoms with Gasteiger partial charge in [-0.25, -0.2) is 0 Å². The molecule has 3 nitrogen and oxygen atoms in total. The molecular formula is C27H31N3. The molecule has 3 aromatic rings. The van der Waals surface area contributed by atoms with Crippen LogP contribution < -0.4 is 5.32 Å². The second kappa shape index (κ2) is 8.33. The molecule has 2 aromatic carbocycles. The van der Waals surface area contributed by atoms with Gasteiger partial charge in [0.2, 0.25) is 0 Å². The summed E-state index contributed by atoms with van der Waals surface area (Å²) in [6, 6.07) is 26.7. The highest BCUT2D eigenvalue weighted by molar-refractivity contribution is 5.31. The molecule has 1 aromatic heterocycles. The number of rotatable bonds is 5. The van der Waals surface area contributed by atoms with Gasteiger partial charge in [0.15, 0.2) is 0 Å². The fourth-order valence-corrected chi connectivity index (χ4v) is 5.89. The molecule has 154 valence electrons. The van der Waals surface area contributed by atoms with Crippen LogP contribution in [-0.4, -0.2) is 35.6 Å². The van der Waals surface area contributed by atoms with Crippen LogP contribution in [0.3, 0.4) is 0 Å². The van der Waals surface area contributed by atoms with E-state index in [4.69, 9.17) is 0 Å². The summed E-state index contributed by atoms with van der Waals surface area (Å²) in [6.07, 6.45) is 6.23. The second-order valence-corrected chi connectivity index (χ2v) is 9.17. The van der Waals surface area contributed by atoms with E-state index in [9.17, 15) is 0 Å². The van der Waals surface area contributed by atoms with Gasteiger partial charge in [-0.2, -0.15) is 0 Å². The first-order valence-corrected chi connectivity index (χ1v) is 11.2. The van der Waals surface area contributed by atoms with Crippen molar-refractivity contribution in [1.29, 1.82) is 0 Å². The fourth-order valence-electron chi connectivity index (χ4n) is 5.89. The first-order chi connectivity index (χ1) is 14.8. The van der Waals surface area contributed by atoms with E-state index in [1.165, 1.54) is 29.5 Å². The Morgan fingerprint density at radius 1 is 0.867 bits per heavy atom. The molecule has 0 amide bonds. The zero-order valence-corrected chi connectivity index (χ0v) is 17.7. The van der Waals surface area contributed by atoms with Crippen LogP contribution in [0, 0.1) is 5.92 Å². The lowest BCUT2D eigenvalue weighted by atomic mass is 9.61. The monoisotopic (exact) mass is 397 g/mol. The third kappa shape index (κ3) is 3.68. The third-order valence-corrected chi connectivity index (χ3v) is 7.50. The number of benzene rings is 2. The van der Waals surface area contributed by atoms with Gasteiger partial charge in [0.1, 0.15) is 0 Å². The normalized spacial score (nSPS) is 28.4. The average Bonchev–Trinajstić information content (AvgIpc) is 3.12. The van der Waals surface area contributed by atoms with Crippen LogP contribution in [0.15, 0.2) is 85.2 Å². The zero-order chi connectivity index (χ0) is 20.4. The molecule has 1 aliphatic carbocycles. The van der Waals surface area contributed by atoms with Crippen molar-refractivity contribution < 1.29 is 0 Å². The predicted octanol–water partition coefficient (Wildman–Crippen LogP) is 4.83. The summed E-state index contributed by atoms with van der Waals surface area (Å²) in [6.45, 7) is 3.10. The minimum Gasteiger partial charge on any atom is -0.315 e. The maximum atomic E-state index is 4.20. The number of pyridine rings is 1. The molecule has 0 radical (unpaired) electrons. The quantitative estimate of drug-likeness (QED) is 0.668. The van der Waals surface area contributed by atoms with Crippen LogP contribution in [-0.2, 0) is 6.54 Å². The summed E-state index contributed by atoms with van der Waals surface area (Å²) in [7, 11) is 2.32. The van der Waals surface area contributed by atoms with Crippen molar-refractivity contribution in [2.45, 2.75) is 36.8 Å². The van der Waals surface area contributed by atoms with Crippen LogP contribution in [0.25, 0.3) is 0 Å². The highest BCUT2D eigenvalue weighted by Gasteiger charge is 2.50. The summed E-state index contributed by atoms with van der Waals surface area (Å²) in [5, 5.41) is 3.86. The Morgan fingerprint density at radius 2 is 1.43 bits per heavy atom. The van der Waals surface area contributed by atoms with Crippen LogP contribution in [0.4, 0.5) is 0 Å². The first-order valence-electron chi connectivity index (χ1n) is 11.2. The Bertz CT molecular complexity index is 892. The van der Waals surface area contributed by atoms with Crippen molar-refractivity contribution in [3.63, 3.8) is 0 Å². The van der Waals surface area contributed by atoms with Gasteiger partial charge in [0.25, 0.3) is 0 Å². The molecule has 2 aliphatic heterocycles. The van der Waals surface area contributed by atoms with Crippen molar-refractivity contribution in [1.82, 2.24) is 15.2 Å². The van der Waals surface area contributed by atoms with Gasteiger partial charge in [0, 0.05) is 31.0 Å². The zero-order valence-electron chi connectivity index (χ0n) is 17.7. The molecule has 30 heavy (non-hydrogen) atoms. The average molecular weight is 398 g/mol. The molecule has 2 unspecified atom stereocenters. The standard InChI is InChI=1S/C27H31N3/c1-30(19-21-12-14-28-15-13-21)27-16-24(22-8-4-2-5-9-22)26(18-29-20-27)25(17-27)23-10-6-3-7-11-23/h2-15,24-26,29H,16-20H2,1H3. The highest BCUT2D eigenvalue weighted by atomic mass is 15.2. The Hall–Kier alpha value is -2.49. The smallest absolute Gasteiger partial charge is 0.0346 e. The van der Waals surface area contributed by atoms with Crippen molar-refractivity contribution >= 4 is 0 Å². The minimum absolute atomic E-state index is 0.136. The lowest BCUT2D eigenvalue weighted by Crippen LogP contribution is -2.54. The Balaban J connectivity index is 1.54. The Labute approximate surface area is 180 Å². The van der Waals surface area contributed by atoms with E-state index in [1.54, 1.807) is 0 Å². The summed E-state index contributed by atoms with van der Waals surface area (Å²) in [4.78, 5) is 6.81. The van der Waals surface area contributed by atoms with Crippen LogP contribution in [0.5, 0.6) is 0 Å². The topological polar surface area (TPSA) is 28.2 Å². The fraction of sp³-hybridized carbons (Fsp3) is 0.370. The van der Waals surface area contributed by atoms with E-state index in [1.807, 2.05) is 12.4 Å². The summed E-state index contributed by atoms with van der Waals surface area (Å²) in [5.74, 6) is 1.76. The van der Waals surface area contributed by atoms with Gasteiger partial charge in [0.05, 0.1) is 0 Å². The number of nitrogens with one attached hydrogen (secondary N) is 1. The molecule has 3 heterocycles. The van der Waals surface area contributed by atoms with E-state index >= 15 is 0 Å². The van der Waals surface area contributed by atoms with E-state index in [0.717, 1.165) is 19.6 Å². The predicted molar refractivity (Wildman–Crippen MR) is 122 cm³/mol. The molecule has 2 saturated heterocycles. The van der Waals surface area contributed by atoms with Gasteiger partial charge in [-0.1, -0.05) is 60.7 Å². The number of likely N-dealkylation sites (N-methyl/N-ethyl adjacent to an activating group) is 1. The van der Waals surface area contributed by atoms with Crippen LogP contribution in [0.2, 0.25) is 0 Å². The van der Waals surface area contributed by atoms with Gasteiger partial charge < -0.3 is 5.32 Å². The third-order valence-electron chi connectivity index (χ3n) is 7.50. The van der Waals surface area contributed by atoms with Crippen molar-refractivity contribution in [2.24, 2.45) is 5.92 Å². The number of fused-ring (bicyclic) bond motifs is 4. The van der Waals surface area contributed by atoms with E-state index < -0.39 is 0 Å². The number of aromatic nitrogens is 1. The van der Waals surface area contributed by atoms with Crippen molar-refractivity contribution in [2.75, 3.05) is 20.1 Å². The van der Waals surface area contributed by atoms with Gasteiger partial charge in [-0.05, 0) is 73.0 Å². The summed E-state index contributed by atoms with van der Waals surface area (Å²) < 4.78 is 0. The van der Waals surface area contributed by atoms with Crippen LogP contribution >= 0.6 is 0 Å². The molecule has 1 saturated carbocycles. The Kier molecular flexibility index (Phi) is 5.41. The van der Waals surface area contributed by atoms with Crippen LogP contribution in [0.1, 0.15) is 41.4 Å². The molecule has 3 aliphatic rings. The van der Waals surface area contributed by atoms with E-state index in [-0.39, 0.29) is 5.54 Å². The van der Waals surface area contributed by atoms with Gasteiger partial charge >= 0.3 is 0 Å². The molecular weight excluding hydrogens is 366 g/mol. The number of nitrogens with zero attached hydrogens (tertiary/aromatic N) is 2. The molecule has 0 spiro atoms. The second-order valence-electron chi connectivity index (χ2n) is 9.17. The maximum Gasteiger partial charge on any atom is 0.0346 e. The lowest BCUT2D eigenvalue weighted by Gasteiger charge is -2.50. The molecule has 1 N–H and O–H groups in total. The first kappa shape index (κ1) is 19.5. The molecule has 6 rings (SSSR count). The van der Waals surface area contributed by atoms with E-state index in [0.29, 0.717) is 17.8 Å². The van der Waals surface area contributed by atoms with Gasteiger partial charge in [-0.3, -0.25) is 9.88 Å². The largest absolute Gasteiger partial charge is 0.315 e. The molecule has 2 bridgehead atoms. The summed E-state index contributed by atoms with van der Waals surface area (Å²) >= 11 is 0. The molecule has 3 heteroatoms. The van der Waals surface area contributed by atoms with Gasteiger partial charge in [-0.15, -0.1) is 0 Å². The van der Waals surface area contributed by atoms with Crippen molar-refractivity contribution in [3.8, 4) is 0 Å². The molecule has 2 atom stereocenters. The maximum absolute atomic E-state index is 4.20. The number of hydrogen-bond donors (Lipinski definition) is 1. The lowest BCUT2D eigenvalue weighted by molar-refractivity contribution is 0.0501. The Morgan fingerprint density at radius 3 is 2.00 bits per heavy atom. The van der Waals surface area contributed by atoms with E-state index in [2.05, 4.69) is 95.0 Å². The summed E-state index contributed by atoms with van der Waals surface area (Å²) in [5.41, 5.74) is 4.46. The van der Waals surface area contributed by atoms with Crippen molar-refractivity contribution in [3.05, 3.63) is 102 Å². The minimum atomic E-state index is 0.136. The highest BCUT2D eigenvalue weighted by Crippen LogP contribution is 2.53. The molecule has 3 fully saturated rings.